The molecular formula is C8H8F2N2O2S2. The van der Waals surface area contributed by atoms with Gasteiger partial charge in [0.1, 0.15) is 5.69 Å². The van der Waals surface area contributed by atoms with Gasteiger partial charge in [0.15, 0.2) is 26.6 Å². The molecule has 0 atom stereocenters. The van der Waals surface area contributed by atoms with Crippen LogP contribution >= 0.6 is 12.2 Å². The Morgan fingerprint density at radius 2 is 1.81 bits per heavy atom. The molecule has 0 fully saturated rings. The van der Waals surface area contributed by atoms with E-state index < -0.39 is 32.1 Å². The normalized spacial score (nSPS) is 11.2. The second-order valence-corrected chi connectivity index (χ2v) is 5.48. The van der Waals surface area contributed by atoms with Crippen LogP contribution in [0, 0.1) is 11.6 Å². The fourth-order valence-electron chi connectivity index (χ4n) is 1.01. The van der Waals surface area contributed by atoms with Crippen molar-refractivity contribution in [2.24, 2.45) is 5.73 Å². The Balaban J connectivity index is 3.34. The van der Waals surface area contributed by atoms with Gasteiger partial charge in [-0.3, -0.25) is 0 Å². The number of anilines is 1. The SMILES string of the molecule is CS(=O)(=O)c1cc(F)c(NC(N)=S)c(F)c1. The number of hydrogen-bond acceptors (Lipinski definition) is 3. The number of benzene rings is 1. The van der Waals surface area contributed by atoms with Crippen LogP contribution in [0.15, 0.2) is 17.0 Å². The van der Waals surface area contributed by atoms with Crippen LogP contribution in [0.4, 0.5) is 14.5 Å². The second kappa shape index (κ2) is 4.30. The largest absolute Gasteiger partial charge is 0.376 e. The Bertz CT molecular complexity index is 520. The minimum Gasteiger partial charge on any atom is -0.376 e. The molecule has 1 rings (SSSR count). The lowest BCUT2D eigenvalue weighted by Gasteiger charge is -2.08. The molecular weight excluding hydrogens is 258 g/mol. The average Bonchev–Trinajstić information content (AvgIpc) is 2.09. The molecule has 0 radical (unpaired) electrons. The smallest absolute Gasteiger partial charge is 0.175 e. The molecule has 1 aromatic carbocycles. The third-order valence-electron chi connectivity index (χ3n) is 1.69. The van der Waals surface area contributed by atoms with Gasteiger partial charge < -0.3 is 11.1 Å². The van der Waals surface area contributed by atoms with Crippen LogP contribution < -0.4 is 11.1 Å². The summed E-state index contributed by atoms with van der Waals surface area (Å²) in [6.07, 6.45) is 0.849. The molecule has 0 aliphatic carbocycles. The van der Waals surface area contributed by atoms with Crippen LogP contribution in [0.3, 0.4) is 0 Å². The van der Waals surface area contributed by atoms with Crippen molar-refractivity contribution < 1.29 is 17.2 Å². The van der Waals surface area contributed by atoms with E-state index in [4.69, 9.17) is 5.73 Å². The molecule has 0 heterocycles. The quantitative estimate of drug-likeness (QED) is 0.782. The minimum absolute atomic E-state index is 0.315. The molecule has 0 amide bonds. The number of hydrogen-bond donors (Lipinski definition) is 2. The lowest BCUT2D eigenvalue weighted by atomic mass is 10.3. The van der Waals surface area contributed by atoms with Crippen molar-refractivity contribution in [2.75, 3.05) is 11.6 Å². The lowest BCUT2D eigenvalue weighted by molar-refractivity contribution is 0.575. The Morgan fingerprint density at radius 3 is 2.12 bits per heavy atom. The average molecular weight is 266 g/mol. The highest BCUT2D eigenvalue weighted by Gasteiger charge is 2.16. The fraction of sp³-hybridized carbons (Fsp3) is 0.125. The van der Waals surface area contributed by atoms with E-state index in [2.05, 4.69) is 17.5 Å². The van der Waals surface area contributed by atoms with Crippen molar-refractivity contribution in [3.63, 3.8) is 0 Å². The first-order valence-corrected chi connectivity index (χ1v) is 6.27. The number of sulfone groups is 1. The van der Waals surface area contributed by atoms with Gasteiger partial charge in [-0.25, -0.2) is 17.2 Å². The monoisotopic (exact) mass is 266 g/mol. The number of nitrogens with one attached hydrogen (secondary N) is 1. The standard InChI is InChI=1S/C8H8F2N2O2S2/c1-16(13,14)4-2-5(9)7(6(10)3-4)12-8(11)15/h2-3H,1H3,(H3,11,12,15). The maximum absolute atomic E-state index is 13.3. The summed E-state index contributed by atoms with van der Waals surface area (Å²) in [6.45, 7) is 0. The zero-order valence-electron chi connectivity index (χ0n) is 8.12. The van der Waals surface area contributed by atoms with Crippen molar-refractivity contribution in [3.8, 4) is 0 Å². The van der Waals surface area contributed by atoms with Crippen LogP contribution in [0.1, 0.15) is 0 Å². The van der Waals surface area contributed by atoms with Gasteiger partial charge in [-0.2, -0.15) is 0 Å². The minimum atomic E-state index is -3.66. The summed E-state index contributed by atoms with van der Waals surface area (Å²) >= 11 is 4.42. The van der Waals surface area contributed by atoms with Crippen LogP contribution in [-0.4, -0.2) is 19.8 Å². The summed E-state index contributed by atoms with van der Waals surface area (Å²) in [7, 11) is -3.66. The van der Waals surface area contributed by atoms with Gasteiger partial charge >= 0.3 is 0 Å². The van der Waals surface area contributed by atoms with Gasteiger partial charge in [-0.15, -0.1) is 0 Å². The number of thiocarbonyl (C=S) groups is 1. The maximum atomic E-state index is 13.3. The highest BCUT2D eigenvalue weighted by atomic mass is 32.2. The molecule has 0 saturated carbocycles. The van der Waals surface area contributed by atoms with E-state index in [0.29, 0.717) is 12.1 Å². The third-order valence-corrected chi connectivity index (χ3v) is 2.89. The predicted molar refractivity (Wildman–Crippen MR) is 59.9 cm³/mol. The molecule has 0 spiro atoms. The van der Waals surface area contributed by atoms with Crippen molar-refractivity contribution in [2.45, 2.75) is 4.90 Å². The molecule has 0 aliphatic heterocycles. The van der Waals surface area contributed by atoms with Crippen LogP contribution in [0.25, 0.3) is 0 Å². The molecule has 8 heteroatoms. The van der Waals surface area contributed by atoms with Gasteiger partial charge in [-0.05, 0) is 24.4 Å². The zero-order chi connectivity index (χ0) is 12.5. The van der Waals surface area contributed by atoms with Crippen LogP contribution in [-0.2, 0) is 9.84 Å². The third kappa shape index (κ3) is 2.86. The molecule has 1 aromatic rings. The Hall–Kier alpha value is -1.28. The van der Waals surface area contributed by atoms with E-state index in [1.54, 1.807) is 0 Å². The molecule has 3 N–H and O–H groups in total. The molecule has 4 nitrogen and oxygen atoms in total. The van der Waals surface area contributed by atoms with E-state index in [0.717, 1.165) is 6.26 Å². The summed E-state index contributed by atoms with van der Waals surface area (Å²) in [5.74, 6) is -2.15. The lowest BCUT2D eigenvalue weighted by Crippen LogP contribution is -2.20. The van der Waals surface area contributed by atoms with Crippen molar-refractivity contribution in [1.82, 2.24) is 0 Å². The van der Waals surface area contributed by atoms with E-state index >= 15 is 0 Å². The Kier molecular flexibility index (Phi) is 3.44. The maximum Gasteiger partial charge on any atom is 0.175 e. The summed E-state index contributed by atoms with van der Waals surface area (Å²) in [6, 6.07) is 1.39. The van der Waals surface area contributed by atoms with Crippen molar-refractivity contribution in [1.29, 1.82) is 0 Å². The van der Waals surface area contributed by atoms with Gasteiger partial charge in [0.2, 0.25) is 0 Å². The van der Waals surface area contributed by atoms with Crippen LogP contribution in [0.5, 0.6) is 0 Å². The zero-order valence-corrected chi connectivity index (χ0v) is 9.75. The van der Waals surface area contributed by atoms with E-state index in [-0.39, 0.29) is 5.11 Å². The first kappa shape index (κ1) is 12.8. The highest BCUT2D eigenvalue weighted by Crippen LogP contribution is 2.23. The molecule has 0 saturated heterocycles. The summed E-state index contributed by atoms with van der Waals surface area (Å²) in [5, 5.41) is 1.77. The fourth-order valence-corrected chi connectivity index (χ4v) is 1.74. The highest BCUT2D eigenvalue weighted by molar-refractivity contribution is 7.90. The Labute approximate surface area is 96.4 Å². The van der Waals surface area contributed by atoms with Gasteiger partial charge in [-0.1, -0.05) is 0 Å². The topological polar surface area (TPSA) is 72.2 Å². The van der Waals surface area contributed by atoms with E-state index in [9.17, 15) is 17.2 Å². The van der Waals surface area contributed by atoms with Crippen LogP contribution in [0.2, 0.25) is 0 Å². The van der Waals surface area contributed by atoms with Crippen molar-refractivity contribution in [3.05, 3.63) is 23.8 Å². The molecule has 0 bridgehead atoms. The molecule has 0 unspecified atom stereocenters. The number of rotatable bonds is 2. The number of halogens is 2. The van der Waals surface area contributed by atoms with E-state index in [1.165, 1.54) is 0 Å². The first-order valence-electron chi connectivity index (χ1n) is 3.97. The number of nitrogens with two attached hydrogens (primary N) is 1. The second-order valence-electron chi connectivity index (χ2n) is 3.02. The van der Waals surface area contributed by atoms with Gasteiger partial charge in [0.05, 0.1) is 4.90 Å². The molecule has 16 heavy (non-hydrogen) atoms. The summed E-state index contributed by atoms with van der Waals surface area (Å²) < 4.78 is 48.8. The van der Waals surface area contributed by atoms with Gasteiger partial charge in [0, 0.05) is 6.26 Å². The molecule has 0 aromatic heterocycles. The summed E-state index contributed by atoms with van der Waals surface area (Å²) in [5.41, 5.74) is 4.49. The summed E-state index contributed by atoms with van der Waals surface area (Å²) in [4.78, 5) is -0.448. The van der Waals surface area contributed by atoms with E-state index in [1.807, 2.05) is 0 Å². The van der Waals surface area contributed by atoms with Crippen molar-refractivity contribution >= 4 is 32.9 Å². The Morgan fingerprint density at radius 1 is 1.38 bits per heavy atom. The molecule has 0 aliphatic rings. The first-order chi connectivity index (χ1) is 7.21. The van der Waals surface area contributed by atoms with Gasteiger partial charge in [0.25, 0.3) is 0 Å². The molecule has 88 valence electrons. The predicted octanol–water partition coefficient (Wildman–Crippen LogP) is 1.02.